The number of methoxy groups -OCH3 is 1. The molecule has 1 aliphatic rings. The van der Waals surface area contributed by atoms with Crippen molar-refractivity contribution in [2.45, 2.75) is 32.3 Å². The molecule has 0 amide bonds. The topological polar surface area (TPSA) is 69.4 Å². The molecule has 0 atom stereocenters. The number of halogens is 2. The Morgan fingerprint density at radius 1 is 1.28 bits per heavy atom. The number of nitrogens with zero attached hydrogens (tertiary/aromatic N) is 2. The maximum Gasteiger partial charge on any atom is 0.387 e. The lowest BCUT2D eigenvalue weighted by atomic mass is 9.93. The van der Waals surface area contributed by atoms with Gasteiger partial charge in [-0.25, -0.2) is 0 Å². The summed E-state index contributed by atoms with van der Waals surface area (Å²) in [7, 11) is 1.39. The number of ether oxygens (including phenoxy) is 2. The monoisotopic (exact) mass is 353 g/mol. The van der Waals surface area contributed by atoms with Gasteiger partial charge in [-0.2, -0.15) is 13.8 Å². The fraction of sp³-hybridized carbons (Fsp3) is 0.529. The van der Waals surface area contributed by atoms with Crippen LogP contribution >= 0.6 is 0 Å². The molecule has 0 radical (unpaired) electrons. The van der Waals surface area contributed by atoms with E-state index in [9.17, 15) is 8.78 Å². The van der Waals surface area contributed by atoms with E-state index in [2.05, 4.69) is 20.2 Å². The van der Waals surface area contributed by atoms with E-state index in [1.54, 1.807) is 12.1 Å². The number of alkyl halides is 2. The van der Waals surface area contributed by atoms with Crippen LogP contribution in [0.5, 0.6) is 11.5 Å². The van der Waals surface area contributed by atoms with E-state index in [1.807, 2.05) is 0 Å². The number of aromatic nitrogens is 2. The molecule has 0 aliphatic carbocycles. The number of benzene rings is 1. The molecule has 6 nitrogen and oxygen atoms in total. The molecule has 0 spiro atoms. The van der Waals surface area contributed by atoms with Crippen molar-refractivity contribution in [3.63, 3.8) is 0 Å². The summed E-state index contributed by atoms with van der Waals surface area (Å²) in [5, 5.41) is 7.32. The molecule has 0 bridgehead atoms. The van der Waals surface area contributed by atoms with Gasteiger partial charge in [0.2, 0.25) is 11.7 Å². The molecule has 1 aliphatic heterocycles. The first-order valence-electron chi connectivity index (χ1n) is 8.32. The molecular weight excluding hydrogens is 332 g/mol. The first-order chi connectivity index (χ1) is 12.2. The van der Waals surface area contributed by atoms with E-state index < -0.39 is 6.61 Å². The van der Waals surface area contributed by atoms with Crippen LogP contribution in [0.2, 0.25) is 0 Å². The average molecular weight is 353 g/mol. The number of hydrogen-bond donors (Lipinski definition) is 1. The minimum atomic E-state index is -2.91. The number of aryl methyl sites for hydroxylation is 1. The molecule has 3 rings (SSSR count). The van der Waals surface area contributed by atoms with Crippen LogP contribution < -0.4 is 14.8 Å². The second-order valence-electron chi connectivity index (χ2n) is 5.99. The molecular formula is C17H21F2N3O3. The molecule has 1 N–H and O–H groups in total. The van der Waals surface area contributed by atoms with Gasteiger partial charge in [0.15, 0.2) is 11.5 Å². The van der Waals surface area contributed by atoms with Crippen molar-refractivity contribution in [3.8, 4) is 22.9 Å². The van der Waals surface area contributed by atoms with Crippen LogP contribution in [0.3, 0.4) is 0 Å². The van der Waals surface area contributed by atoms with Crippen LogP contribution in [0.25, 0.3) is 11.4 Å². The SMILES string of the molecule is COc1cc(-c2noc(CCC3CCNCC3)n2)ccc1OC(F)F. The zero-order valence-electron chi connectivity index (χ0n) is 14.0. The number of piperidine rings is 1. The Balaban J connectivity index is 1.66. The van der Waals surface area contributed by atoms with Crippen molar-refractivity contribution in [2.75, 3.05) is 20.2 Å². The Kier molecular flexibility index (Phi) is 5.80. The minimum Gasteiger partial charge on any atom is -0.493 e. The Morgan fingerprint density at radius 2 is 2.08 bits per heavy atom. The lowest BCUT2D eigenvalue weighted by Gasteiger charge is -2.21. The largest absolute Gasteiger partial charge is 0.493 e. The zero-order chi connectivity index (χ0) is 17.6. The van der Waals surface area contributed by atoms with E-state index in [-0.39, 0.29) is 11.5 Å². The molecule has 1 fully saturated rings. The molecule has 136 valence electrons. The summed E-state index contributed by atoms with van der Waals surface area (Å²) in [5.41, 5.74) is 0.621. The van der Waals surface area contributed by atoms with E-state index >= 15 is 0 Å². The summed E-state index contributed by atoms with van der Waals surface area (Å²) in [6.45, 7) is -0.786. The number of rotatable bonds is 7. The third-order valence-corrected chi connectivity index (χ3v) is 4.33. The van der Waals surface area contributed by atoms with Crippen LogP contribution in [-0.2, 0) is 6.42 Å². The first-order valence-corrected chi connectivity index (χ1v) is 8.32. The summed E-state index contributed by atoms with van der Waals surface area (Å²) in [6.07, 6.45) is 4.10. The smallest absolute Gasteiger partial charge is 0.387 e. The van der Waals surface area contributed by atoms with Crippen LogP contribution in [-0.4, -0.2) is 37.0 Å². The van der Waals surface area contributed by atoms with Crippen molar-refractivity contribution >= 4 is 0 Å². The second kappa shape index (κ2) is 8.24. The van der Waals surface area contributed by atoms with E-state index in [1.165, 1.54) is 26.0 Å². The molecule has 0 unspecified atom stereocenters. The normalized spacial score (nSPS) is 15.5. The van der Waals surface area contributed by atoms with Gasteiger partial charge in [0.1, 0.15) is 0 Å². The Bertz CT molecular complexity index is 688. The summed E-state index contributed by atoms with van der Waals surface area (Å²) in [4.78, 5) is 4.39. The van der Waals surface area contributed by atoms with Crippen molar-refractivity contribution in [2.24, 2.45) is 5.92 Å². The third-order valence-electron chi connectivity index (χ3n) is 4.33. The molecule has 1 saturated heterocycles. The lowest BCUT2D eigenvalue weighted by Crippen LogP contribution is -2.27. The zero-order valence-corrected chi connectivity index (χ0v) is 14.0. The standard InChI is InChI=1S/C17H21F2N3O3/c1-23-14-10-12(3-4-13(14)24-17(18)19)16-21-15(25-22-16)5-2-11-6-8-20-9-7-11/h3-4,10-11,17,20H,2,5-9H2,1H3. The van der Waals surface area contributed by atoms with Gasteiger partial charge in [0.25, 0.3) is 0 Å². The second-order valence-corrected chi connectivity index (χ2v) is 5.99. The maximum atomic E-state index is 12.4. The summed E-state index contributed by atoms with van der Waals surface area (Å²) >= 11 is 0. The highest BCUT2D eigenvalue weighted by Gasteiger charge is 2.17. The average Bonchev–Trinajstić information content (AvgIpc) is 3.10. The number of hydrogen-bond acceptors (Lipinski definition) is 6. The van der Waals surface area contributed by atoms with E-state index in [0.717, 1.165) is 25.9 Å². The first kappa shape index (κ1) is 17.6. The molecule has 8 heteroatoms. The van der Waals surface area contributed by atoms with Gasteiger partial charge in [0.05, 0.1) is 7.11 Å². The predicted octanol–water partition coefficient (Wildman–Crippen LogP) is 3.28. The Morgan fingerprint density at radius 3 is 2.80 bits per heavy atom. The van der Waals surface area contributed by atoms with Gasteiger partial charge in [-0.3, -0.25) is 0 Å². The lowest BCUT2D eigenvalue weighted by molar-refractivity contribution is -0.0512. The van der Waals surface area contributed by atoms with Crippen molar-refractivity contribution < 1.29 is 22.8 Å². The van der Waals surface area contributed by atoms with Gasteiger partial charge >= 0.3 is 6.61 Å². The molecule has 1 aromatic carbocycles. The van der Waals surface area contributed by atoms with Crippen LogP contribution in [0, 0.1) is 5.92 Å². The van der Waals surface area contributed by atoms with Crippen molar-refractivity contribution in [1.82, 2.24) is 15.5 Å². The summed E-state index contributed by atoms with van der Waals surface area (Å²) in [6, 6.07) is 4.56. The number of nitrogens with one attached hydrogen (secondary N) is 1. The Labute approximate surface area is 144 Å². The molecule has 1 aromatic heterocycles. The highest BCUT2D eigenvalue weighted by molar-refractivity contribution is 5.60. The summed E-state index contributed by atoms with van der Waals surface area (Å²) in [5.74, 6) is 1.83. The van der Waals surface area contributed by atoms with Gasteiger partial charge in [-0.15, -0.1) is 0 Å². The Hall–Kier alpha value is -2.22. The quantitative estimate of drug-likeness (QED) is 0.824. The molecule has 2 heterocycles. The van der Waals surface area contributed by atoms with Crippen LogP contribution in [0.1, 0.15) is 25.2 Å². The van der Waals surface area contributed by atoms with Crippen LogP contribution in [0.4, 0.5) is 8.78 Å². The van der Waals surface area contributed by atoms with E-state index in [0.29, 0.717) is 23.2 Å². The van der Waals surface area contributed by atoms with Gasteiger partial charge in [0, 0.05) is 12.0 Å². The third kappa shape index (κ3) is 4.66. The highest BCUT2D eigenvalue weighted by Crippen LogP contribution is 2.32. The van der Waals surface area contributed by atoms with Gasteiger partial charge in [-0.1, -0.05) is 5.16 Å². The fourth-order valence-electron chi connectivity index (χ4n) is 2.97. The minimum absolute atomic E-state index is 0.0316. The predicted molar refractivity (Wildman–Crippen MR) is 86.8 cm³/mol. The maximum absolute atomic E-state index is 12.4. The van der Waals surface area contributed by atoms with Crippen LogP contribution in [0.15, 0.2) is 22.7 Å². The van der Waals surface area contributed by atoms with Gasteiger partial charge < -0.3 is 19.3 Å². The molecule has 0 saturated carbocycles. The molecule has 25 heavy (non-hydrogen) atoms. The van der Waals surface area contributed by atoms with Crippen molar-refractivity contribution in [3.05, 3.63) is 24.1 Å². The summed E-state index contributed by atoms with van der Waals surface area (Å²) < 4.78 is 39.6. The molecule has 2 aromatic rings. The highest BCUT2D eigenvalue weighted by atomic mass is 19.3. The van der Waals surface area contributed by atoms with E-state index in [4.69, 9.17) is 9.26 Å². The van der Waals surface area contributed by atoms with Crippen molar-refractivity contribution in [1.29, 1.82) is 0 Å². The fourth-order valence-corrected chi connectivity index (χ4v) is 2.97. The van der Waals surface area contributed by atoms with Gasteiger partial charge in [-0.05, 0) is 56.5 Å².